The van der Waals surface area contributed by atoms with Crippen LogP contribution in [-0.2, 0) is 10.0 Å². The Balaban J connectivity index is 1.45. The van der Waals surface area contributed by atoms with Gasteiger partial charge in [0.15, 0.2) is 10.7 Å². The first-order valence-electron chi connectivity index (χ1n) is 12.0. The average Bonchev–Trinajstić information content (AvgIpc) is 3.28. The van der Waals surface area contributed by atoms with Gasteiger partial charge in [-0.25, -0.2) is 27.2 Å². The summed E-state index contributed by atoms with van der Waals surface area (Å²) in [5, 5.41) is 18.1. The highest BCUT2D eigenvalue weighted by Gasteiger charge is 2.47. The maximum absolute atomic E-state index is 13.4. The summed E-state index contributed by atoms with van der Waals surface area (Å²) in [7, 11) is -1.93. The molecule has 0 spiro atoms. The van der Waals surface area contributed by atoms with Crippen LogP contribution in [0.3, 0.4) is 0 Å². The van der Waals surface area contributed by atoms with E-state index in [9.17, 15) is 22.5 Å². The molecular formula is C23H21F2N9O2S2. The van der Waals surface area contributed by atoms with Gasteiger partial charge in [0.25, 0.3) is 6.43 Å². The van der Waals surface area contributed by atoms with Gasteiger partial charge in [-0.15, -0.1) is 10.2 Å². The molecule has 5 heterocycles. The molecule has 15 heteroatoms. The number of likely N-dealkylation sites (N-methyl/N-ethyl adjacent to an activating group) is 1. The minimum atomic E-state index is -4.03. The van der Waals surface area contributed by atoms with Crippen LogP contribution in [0.15, 0.2) is 29.4 Å². The van der Waals surface area contributed by atoms with Gasteiger partial charge >= 0.3 is 0 Å². The maximum atomic E-state index is 13.4. The number of sulfonamides is 1. The molecule has 2 saturated heterocycles. The van der Waals surface area contributed by atoms with Crippen LogP contribution in [0, 0.1) is 11.3 Å². The molecule has 1 aliphatic carbocycles. The quantitative estimate of drug-likeness (QED) is 0.380. The molecular weight excluding hydrogens is 536 g/mol. The number of benzene rings is 1. The minimum Gasteiger partial charge on any atom is -0.350 e. The van der Waals surface area contributed by atoms with Gasteiger partial charge in [-0.1, -0.05) is 17.4 Å². The number of alkyl halides is 2. The third-order valence-corrected chi connectivity index (χ3v) is 10.1. The molecule has 2 bridgehead atoms. The van der Waals surface area contributed by atoms with E-state index in [2.05, 4.69) is 41.7 Å². The van der Waals surface area contributed by atoms with Crippen LogP contribution in [0.25, 0.3) is 27.1 Å². The second kappa shape index (κ2) is 8.09. The first-order chi connectivity index (χ1) is 18.2. The topological polar surface area (TPSA) is 133 Å². The molecule has 0 radical (unpaired) electrons. The van der Waals surface area contributed by atoms with E-state index in [1.54, 1.807) is 10.6 Å². The minimum absolute atomic E-state index is 0.0504. The van der Waals surface area contributed by atoms with Crippen molar-refractivity contribution in [2.75, 3.05) is 25.0 Å². The third kappa shape index (κ3) is 3.51. The standard InChI is InChI=1S/C23H21F2N9O2S2/c1-32-8-13-6-12(32)9-33(13)19-17-15-3-2-14(38(35,36)31-23(10-26)4-5-23)7-16(15)34(20(17)28-11-27-19)22-30-29-21(37-22)18(24)25/h2-3,7,11-13,18,31H,4-6,8-9H2,1H3/t12-,13-/m0/s1. The normalized spacial score (nSPS) is 22.7. The van der Waals surface area contributed by atoms with Gasteiger partial charge < -0.3 is 4.90 Å². The van der Waals surface area contributed by atoms with Crippen LogP contribution in [0.4, 0.5) is 14.6 Å². The maximum Gasteiger partial charge on any atom is 0.291 e. The lowest BCUT2D eigenvalue weighted by Gasteiger charge is -2.33. The van der Waals surface area contributed by atoms with E-state index in [0.29, 0.717) is 46.6 Å². The van der Waals surface area contributed by atoms with Gasteiger partial charge in [-0.05, 0) is 38.4 Å². The number of hydrogen-bond acceptors (Lipinski definition) is 10. The molecule has 7 rings (SSSR count). The van der Waals surface area contributed by atoms with Gasteiger partial charge in [-0.3, -0.25) is 9.47 Å². The number of aromatic nitrogens is 5. The van der Waals surface area contributed by atoms with Crippen molar-refractivity contribution in [2.45, 2.75) is 48.2 Å². The van der Waals surface area contributed by atoms with Gasteiger partial charge in [0, 0.05) is 30.6 Å². The molecule has 0 unspecified atom stereocenters. The summed E-state index contributed by atoms with van der Waals surface area (Å²) in [5.74, 6) is 0.716. The fraction of sp³-hybridized carbons (Fsp3) is 0.435. The van der Waals surface area contributed by atoms with E-state index in [0.717, 1.165) is 30.8 Å². The Morgan fingerprint density at radius 1 is 1.21 bits per heavy atom. The lowest BCUT2D eigenvalue weighted by Crippen LogP contribution is -2.45. The zero-order chi connectivity index (χ0) is 26.4. The Morgan fingerprint density at radius 2 is 2.03 bits per heavy atom. The number of nitriles is 1. The largest absolute Gasteiger partial charge is 0.350 e. The number of nitrogens with zero attached hydrogens (tertiary/aromatic N) is 8. The molecule has 0 amide bonds. The zero-order valence-electron chi connectivity index (χ0n) is 20.0. The highest BCUT2D eigenvalue weighted by molar-refractivity contribution is 7.89. The number of halogens is 2. The molecule has 3 fully saturated rings. The summed E-state index contributed by atoms with van der Waals surface area (Å²) < 4.78 is 57.3. The summed E-state index contributed by atoms with van der Waals surface area (Å²) in [6.45, 7) is 1.69. The number of piperazine rings is 1. The molecule has 3 aromatic heterocycles. The molecule has 196 valence electrons. The Hall–Kier alpha value is -3.32. The van der Waals surface area contributed by atoms with E-state index < -0.39 is 27.0 Å². The van der Waals surface area contributed by atoms with Crippen LogP contribution >= 0.6 is 11.3 Å². The number of likely N-dealkylation sites (tertiary alicyclic amines) is 1. The number of fused-ring (bicyclic) bond motifs is 5. The smallest absolute Gasteiger partial charge is 0.291 e. The van der Waals surface area contributed by atoms with Crippen molar-refractivity contribution in [1.82, 2.24) is 34.4 Å². The van der Waals surface area contributed by atoms with Crippen molar-refractivity contribution < 1.29 is 17.2 Å². The van der Waals surface area contributed by atoms with Crippen molar-refractivity contribution in [2.24, 2.45) is 0 Å². The van der Waals surface area contributed by atoms with Gasteiger partial charge in [0.05, 0.1) is 21.9 Å². The van der Waals surface area contributed by atoms with Crippen molar-refractivity contribution in [3.8, 4) is 11.2 Å². The number of nitrogens with one attached hydrogen (secondary N) is 1. The average molecular weight is 558 g/mol. The monoisotopic (exact) mass is 557 g/mol. The number of rotatable bonds is 6. The Bertz CT molecular complexity index is 1760. The van der Waals surface area contributed by atoms with Crippen molar-refractivity contribution in [1.29, 1.82) is 5.26 Å². The van der Waals surface area contributed by atoms with Crippen LogP contribution in [0.2, 0.25) is 0 Å². The Kier molecular flexibility index (Phi) is 5.06. The SMILES string of the molecule is CN1C[C@@H]2C[C@H]1CN2c1ncnc2c1c1ccc(S(=O)(=O)NC3(C#N)CC3)cc1n2-c1nnc(C(F)F)s1. The van der Waals surface area contributed by atoms with E-state index in [-0.39, 0.29) is 16.1 Å². The van der Waals surface area contributed by atoms with Gasteiger partial charge in [-0.2, -0.15) is 9.98 Å². The van der Waals surface area contributed by atoms with Crippen molar-refractivity contribution >= 4 is 49.1 Å². The summed E-state index contributed by atoms with van der Waals surface area (Å²) in [5.41, 5.74) is -0.242. The first kappa shape index (κ1) is 23.8. The molecule has 38 heavy (non-hydrogen) atoms. The second-order valence-corrected chi connectivity index (χ2v) is 12.7. The molecule has 1 N–H and O–H groups in total. The lowest BCUT2D eigenvalue weighted by molar-refractivity contribution is 0.150. The predicted molar refractivity (Wildman–Crippen MR) is 135 cm³/mol. The number of anilines is 1. The Morgan fingerprint density at radius 3 is 2.66 bits per heavy atom. The summed E-state index contributed by atoms with van der Waals surface area (Å²) in [6.07, 6.45) is 0.541. The fourth-order valence-electron chi connectivity index (χ4n) is 5.59. The number of hydrogen-bond donors (Lipinski definition) is 1. The first-order valence-corrected chi connectivity index (χ1v) is 14.3. The van der Waals surface area contributed by atoms with E-state index >= 15 is 0 Å². The van der Waals surface area contributed by atoms with Crippen molar-refractivity contribution in [3.05, 3.63) is 29.5 Å². The molecule has 2 atom stereocenters. The lowest BCUT2D eigenvalue weighted by atomic mass is 10.2. The predicted octanol–water partition coefficient (Wildman–Crippen LogP) is 2.59. The summed E-state index contributed by atoms with van der Waals surface area (Å²) >= 11 is 0.718. The zero-order valence-corrected chi connectivity index (χ0v) is 21.7. The summed E-state index contributed by atoms with van der Waals surface area (Å²) in [4.78, 5) is 13.6. The van der Waals surface area contributed by atoms with Crippen LogP contribution in [0.5, 0.6) is 0 Å². The third-order valence-electron chi connectivity index (χ3n) is 7.70. The Labute approximate surface area is 219 Å². The van der Waals surface area contributed by atoms with Crippen LogP contribution < -0.4 is 9.62 Å². The van der Waals surface area contributed by atoms with E-state index in [4.69, 9.17) is 0 Å². The highest BCUT2D eigenvalue weighted by Crippen LogP contribution is 2.42. The molecule has 1 aromatic carbocycles. The van der Waals surface area contributed by atoms with Gasteiger partial charge in [0.2, 0.25) is 15.2 Å². The fourth-order valence-corrected chi connectivity index (χ4v) is 7.70. The van der Waals surface area contributed by atoms with Crippen LogP contribution in [-0.4, -0.2) is 75.8 Å². The van der Waals surface area contributed by atoms with E-state index in [1.807, 2.05) is 6.07 Å². The molecule has 3 aliphatic rings. The van der Waals surface area contributed by atoms with Gasteiger partial charge in [0.1, 0.15) is 17.7 Å². The van der Waals surface area contributed by atoms with Crippen LogP contribution in [0.1, 0.15) is 30.7 Å². The van der Waals surface area contributed by atoms with E-state index in [1.165, 1.54) is 18.5 Å². The summed E-state index contributed by atoms with van der Waals surface area (Å²) in [6, 6.07) is 7.34. The molecule has 2 aliphatic heterocycles. The highest BCUT2D eigenvalue weighted by atomic mass is 32.2. The van der Waals surface area contributed by atoms with Crippen molar-refractivity contribution in [3.63, 3.8) is 0 Å². The molecule has 11 nitrogen and oxygen atoms in total. The molecule has 1 saturated carbocycles. The second-order valence-electron chi connectivity index (χ2n) is 10.1. The molecule has 4 aromatic rings.